The van der Waals surface area contributed by atoms with E-state index in [1.807, 2.05) is 13.8 Å². The van der Waals surface area contributed by atoms with Gasteiger partial charge in [0.05, 0.1) is 6.42 Å². The van der Waals surface area contributed by atoms with Gasteiger partial charge in [-0.2, -0.15) is 0 Å². The number of halogens is 3. The quantitative estimate of drug-likeness (QED) is 0.800. The van der Waals surface area contributed by atoms with Gasteiger partial charge in [-0.25, -0.2) is 8.78 Å². The van der Waals surface area contributed by atoms with Gasteiger partial charge in [-0.15, -0.1) is 11.6 Å². The highest BCUT2D eigenvalue weighted by molar-refractivity contribution is 6.18. The van der Waals surface area contributed by atoms with Crippen LogP contribution in [-0.4, -0.2) is 17.8 Å². The van der Waals surface area contributed by atoms with Gasteiger partial charge < -0.3 is 5.32 Å². The van der Waals surface area contributed by atoms with Gasteiger partial charge in [0.2, 0.25) is 5.91 Å². The van der Waals surface area contributed by atoms with Crippen molar-refractivity contribution in [2.75, 3.05) is 5.88 Å². The Hall–Kier alpha value is -1.16. The van der Waals surface area contributed by atoms with E-state index in [1.54, 1.807) is 0 Å². The van der Waals surface area contributed by atoms with E-state index >= 15 is 0 Å². The number of carbonyl (C=O) groups excluding carboxylic acids is 1. The number of rotatable bonds is 6. The summed E-state index contributed by atoms with van der Waals surface area (Å²) in [5.41, 5.74) is 0.0513. The maximum atomic E-state index is 13.4. The van der Waals surface area contributed by atoms with E-state index in [9.17, 15) is 13.6 Å². The second-order valence-corrected chi connectivity index (χ2v) is 5.25. The molecule has 0 radical (unpaired) electrons. The lowest BCUT2D eigenvalue weighted by Gasteiger charge is -2.18. The molecule has 0 fully saturated rings. The van der Waals surface area contributed by atoms with Gasteiger partial charge in [-0.1, -0.05) is 26.0 Å². The van der Waals surface area contributed by atoms with Crippen molar-refractivity contribution in [2.45, 2.75) is 32.7 Å². The molecule has 2 nitrogen and oxygen atoms in total. The summed E-state index contributed by atoms with van der Waals surface area (Å²) in [6, 6.07) is 3.66. The van der Waals surface area contributed by atoms with E-state index in [0.29, 0.717) is 11.8 Å². The Labute approximate surface area is 117 Å². The second-order valence-electron chi connectivity index (χ2n) is 4.94. The Morgan fingerprint density at radius 2 is 2.05 bits per heavy atom. The SMILES string of the molecule is CC(C)CC(CCl)NC(=O)Cc1cccc(F)c1F. The average molecular weight is 290 g/mol. The van der Waals surface area contributed by atoms with E-state index in [1.165, 1.54) is 12.1 Å². The Balaban J connectivity index is 2.62. The van der Waals surface area contributed by atoms with E-state index in [2.05, 4.69) is 5.32 Å². The van der Waals surface area contributed by atoms with Crippen LogP contribution in [0.1, 0.15) is 25.8 Å². The van der Waals surface area contributed by atoms with Crippen molar-refractivity contribution in [2.24, 2.45) is 5.92 Å². The highest BCUT2D eigenvalue weighted by Crippen LogP contribution is 2.12. The molecule has 0 aromatic heterocycles. The molecule has 0 spiro atoms. The van der Waals surface area contributed by atoms with Crippen LogP contribution in [0.3, 0.4) is 0 Å². The minimum absolute atomic E-state index is 0.0513. The third kappa shape index (κ3) is 5.15. The molecule has 0 aliphatic carbocycles. The number of benzene rings is 1. The molecule has 1 N–H and O–H groups in total. The lowest BCUT2D eigenvalue weighted by molar-refractivity contribution is -0.121. The monoisotopic (exact) mass is 289 g/mol. The number of alkyl halides is 1. The summed E-state index contributed by atoms with van der Waals surface area (Å²) in [6.07, 6.45) is 0.565. The van der Waals surface area contributed by atoms with Crippen LogP contribution < -0.4 is 5.32 Å². The van der Waals surface area contributed by atoms with Crippen molar-refractivity contribution in [1.82, 2.24) is 5.32 Å². The summed E-state index contributed by atoms with van der Waals surface area (Å²) in [5.74, 6) is -1.56. The van der Waals surface area contributed by atoms with E-state index in [-0.39, 0.29) is 23.9 Å². The van der Waals surface area contributed by atoms with Crippen LogP contribution in [-0.2, 0) is 11.2 Å². The fraction of sp³-hybridized carbons (Fsp3) is 0.500. The number of carbonyl (C=O) groups is 1. The lowest BCUT2D eigenvalue weighted by atomic mass is 10.0. The van der Waals surface area contributed by atoms with E-state index < -0.39 is 11.6 Å². The minimum atomic E-state index is -0.969. The summed E-state index contributed by atoms with van der Waals surface area (Å²) >= 11 is 5.77. The molecule has 0 aliphatic rings. The summed E-state index contributed by atoms with van der Waals surface area (Å²) in [7, 11) is 0. The maximum Gasteiger partial charge on any atom is 0.224 e. The van der Waals surface area contributed by atoms with Gasteiger partial charge in [0, 0.05) is 17.5 Å². The summed E-state index contributed by atoms with van der Waals surface area (Å²) in [4.78, 5) is 11.8. The van der Waals surface area contributed by atoms with Crippen LogP contribution in [0.2, 0.25) is 0 Å². The van der Waals surface area contributed by atoms with Gasteiger partial charge in [0.25, 0.3) is 0 Å². The molecule has 1 amide bonds. The zero-order chi connectivity index (χ0) is 14.4. The number of amides is 1. The molecule has 1 atom stereocenters. The normalized spacial score (nSPS) is 12.5. The first-order valence-electron chi connectivity index (χ1n) is 6.22. The number of hydrogen-bond acceptors (Lipinski definition) is 1. The highest BCUT2D eigenvalue weighted by atomic mass is 35.5. The Kier molecular flexibility index (Phi) is 6.22. The molecular formula is C14H18ClF2NO. The molecule has 0 aliphatic heterocycles. The average Bonchev–Trinajstić information content (AvgIpc) is 2.33. The van der Waals surface area contributed by atoms with Gasteiger partial charge in [-0.3, -0.25) is 4.79 Å². The molecule has 1 rings (SSSR count). The molecule has 5 heteroatoms. The molecule has 1 aromatic rings. The fourth-order valence-electron chi connectivity index (χ4n) is 1.87. The molecule has 0 saturated carbocycles. The van der Waals surface area contributed by atoms with Crippen molar-refractivity contribution >= 4 is 17.5 Å². The lowest BCUT2D eigenvalue weighted by Crippen LogP contribution is -2.38. The van der Waals surface area contributed by atoms with Gasteiger partial charge in [0.1, 0.15) is 0 Å². The highest BCUT2D eigenvalue weighted by Gasteiger charge is 2.16. The minimum Gasteiger partial charge on any atom is -0.352 e. The van der Waals surface area contributed by atoms with Crippen molar-refractivity contribution in [3.8, 4) is 0 Å². The standard InChI is InChI=1S/C14H18ClF2NO/c1-9(2)6-11(8-15)18-13(19)7-10-4-3-5-12(16)14(10)17/h3-5,9,11H,6-8H2,1-2H3,(H,18,19). The molecule has 0 heterocycles. The zero-order valence-electron chi connectivity index (χ0n) is 11.1. The molecule has 1 aromatic carbocycles. The Bertz CT molecular complexity index is 437. The van der Waals surface area contributed by atoms with Crippen LogP contribution in [0.5, 0.6) is 0 Å². The second kappa shape index (κ2) is 7.43. The predicted molar refractivity (Wildman–Crippen MR) is 72.2 cm³/mol. The predicted octanol–water partition coefficient (Wildman–Crippen LogP) is 3.28. The first-order chi connectivity index (χ1) is 8.93. The number of hydrogen-bond donors (Lipinski definition) is 1. The molecule has 0 bridgehead atoms. The zero-order valence-corrected chi connectivity index (χ0v) is 11.8. The van der Waals surface area contributed by atoms with Crippen molar-refractivity contribution < 1.29 is 13.6 Å². The largest absolute Gasteiger partial charge is 0.352 e. The van der Waals surface area contributed by atoms with E-state index in [4.69, 9.17) is 11.6 Å². The molecule has 19 heavy (non-hydrogen) atoms. The smallest absolute Gasteiger partial charge is 0.224 e. The molecule has 1 unspecified atom stereocenters. The molecule has 0 saturated heterocycles. The van der Waals surface area contributed by atoms with Gasteiger partial charge in [0.15, 0.2) is 11.6 Å². The van der Waals surface area contributed by atoms with Crippen LogP contribution in [0.4, 0.5) is 8.78 Å². The fourth-order valence-corrected chi connectivity index (χ4v) is 2.07. The van der Waals surface area contributed by atoms with Crippen LogP contribution >= 0.6 is 11.6 Å². The summed E-state index contributed by atoms with van der Waals surface area (Å²) in [6.45, 7) is 4.05. The Morgan fingerprint density at radius 1 is 1.37 bits per heavy atom. The number of nitrogens with one attached hydrogen (secondary N) is 1. The van der Waals surface area contributed by atoms with Gasteiger partial charge in [-0.05, 0) is 18.4 Å². The Morgan fingerprint density at radius 3 is 2.63 bits per heavy atom. The van der Waals surface area contributed by atoms with Gasteiger partial charge >= 0.3 is 0 Å². The third-order valence-corrected chi connectivity index (χ3v) is 3.06. The summed E-state index contributed by atoms with van der Waals surface area (Å²) < 4.78 is 26.4. The maximum absolute atomic E-state index is 13.4. The molecule has 106 valence electrons. The van der Waals surface area contributed by atoms with Crippen molar-refractivity contribution in [3.05, 3.63) is 35.4 Å². The third-order valence-electron chi connectivity index (χ3n) is 2.69. The van der Waals surface area contributed by atoms with Crippen LogP contribution in [0, 0.1) is 17.6 Å². The topological polar surface area (TPSA) is 29.1 Å². The van der Waals surface area contributed by atoms with Crippen LogP contribution in [0.25, 0.3) is 0 Å². The summed E-state index contributed by atoms with van der Waals surface area (Å²) in [5, 5.41) is 2.73. The first kappa shape index (κ1) is 15.9. The first-order valence-corrected chi connectivity index (χ1v) is 6.75. The van der Waals surface area contributed by atoms with Crippen LogP contribution in [0.15, 0.2) is 18.2 Å². The van der Waals surface area contributed by atoms with Crippen molar-refractivity contribution in [3.63, 3.8) is 0 Å². The molecular weight excluding hydrogens is 272 g/mol. The van der Waals surface area contributed by atoms with Crippen molar-refractivity contribution in [1.29, 1.82) is 0 Å². The van der Waals surface area contributed by atoms with E-state index in [0.717, 1.165) is 12.5 Å².